The molecule has 1 saturated carbocycles. The molecule has 2 nitrogen and oxygen atoms in total. The van der Waals surface area contributed by atoms with E-state index >= 15 is 0 Å². The summed E-state index contributed by atoms with van der Waals surface area (Å²) in [7, 11) is 0. The fourth-order valence-electron chi connectivity index (χ4n) is 2.27. The van der Waals surface area contributed by atoms with E-state index in [1.807, 2.05) is 30.3 Å². The van der Waals surface area contributed by atoms with Crippen LogP contribution in [0, 0.1) is 0 Å². The molecule has 1 aromatic carbocycles. The minimum atomic E-state index is 0.447. The molecule has 1 aliphatic rings. The molecule has 0 heterocycles. The molecule has 1 aromatic rings. The normalized spacial score (nSPS) is 19.4. The van der Waals surface area contributed by atoms with Gasteiger partial charge < -0.3 is 5.73 Å². The van der Waals surface area contributed by atoms with Crippen molar-refractivity contribution in [3.63, 3.8) is 0 Å². The number of amidine groups is 1. The molecule has 0 atom stereocenters. The van der Waals surface area contributed by atoms with Crippen molar-refractivity contribution < 1.29 is 0 Å². The number of rotatable bonds is 2. The van der Waals surface area contributed by atoms with E-state index in [0.717, 1.165) is 5.56 Å². The second kappa shape index (κ2) is 5.69. The van der Waals surface area contributed by atoms with Gasteiger partial charge in [0.15, 0.2) is 0 Å². The molecule has 2 rings (SSSR count). The Morgan fingerprint density at radius 3 is 2.25 bits per heavy atom. The van der Waals surface area contributed by atoms with Gasteiger partial charge in [-0.2, -0.15) is 0 Å². The van der Waals surface area contributed by atoms with Crippen LogP contribution in [0.1, 0.15) is 44.1 Å². The predicted molar refractivity (Wildman–Crippen MR) is 68.7 cm³/mol. The second-order valence-electron chi connectivity index (χ2n) is 4.53. The zero-order chi connectivity index (χ0) is 11.2. The van der Waals surface area contributed by atoms with Crippen molar-refractivity contribution in [2.75, 3.05) is 0 Å². The Morgan fingerprint density at radius 2 is 1.62 bits per heavy atom. The van der Waals surface area contributed by atoms with Crippen molar-refractivity contribution in [1.29, 1.82) is 0 Å². The molecule has 0 aromatic heterocycles. The highest BCUT2D eigenvalue weighted by molar-refractivity contribution is 5.97. The third kappa shape index (κ3) is 3.09. The Hall–Kier alpha value is -1.31. The lowest BCUT2D eigenvalue weighted by Gasteiger charge is -2.10. The maximum atomic E-state index is 6.03. The van der Waals surface area contributed by atoms with Crippen LogP contribution in [-0.4, -0.2) is 11.9 Å². The van der Waals surface area contributed by atoms with E-state index in [1.54, 1.807) is 0 Å². The molecular formula is C14H20N2. The van der Waals surface area contributed by atoms with Crippen LogP contribution in [0.2, 0.25) is 0 Å². The van der Waals surface area contributed by atoms with Crippen LogP contribution in [0.25, 0.3) is 0 Å². The van der Waals surface area contributed by atoms with Crippen LogP contribution in [-0.2, 0) is 0 Å². The Balaban J connectivity index is 2.05. The molecule has 0 unspecified atom stereocenters. The third-order valence-electron chi connectivity index (χ3n) is 3.22. The quantitative estimate of drug-likeness (QED) is 0.460. The first-order chi connectivity index (χ1) is 7.86. The van der Waals surface area contributed by atoms with Gasteiger partial charge in [0.25, 0.3) is 0 Å². The maximum Gasteiger partial charge on any atom is 0.125 e. The van der Waals surface area contributed by atoms with Gasteiger partial charge in [0.2, 0.25) is 0 Å². The largest absolute Gasteiger partial charge is 0.383 e. The number of nitrogens with zero attached hydrogens (tertiary/aromatic N) is 1. The molecule has 0 bridgehead atoms. The minimum absolute atomic E-state index is 0.447. The molecule has 1 fully saturated rings. The van der Waals surface area contributed by atoms with Gasteiger partial charge in [-0.15, -0.1) is 0 Å². The van der Waals surface area contributed by atoms with E-state index in [-0.39, 0.29) is 0 Å². The van der Waals surface area contributed by atoms with Gasteiger partial charge >= 0.3 is 0 Å². The smallest absolute Gasteiger partial charge is 0.125 e. The van der Waals surface area contributed by atoms with Crippen LogP contribution in [0.5, 0.6) is 0 Å². The lowest BCUT2D eigenvalue weighted by atomic mass is 10.1. The molecule has 0 radical (unpaired) electrons. The Morgan fingerprint density at radius 1 is 1.00 bits per heavy atom. The summed E-state index contributed by atoms with van der Waals surface area (Å²) in [4.78, 5) is 4.66. The Labute approximate surface area is 97.6 Å². The number of nitrogens with two attached hydrogens (primary N) is 1. The lowest BCUT2D eigenvalue weighted by molar-refractivity contribution is 0.585. The molecule has 0 saturated heterocycles. The predicted octanol–water partition coefficient (Wildman–Crippen LogP) is 3.11. The summed E-state index contributed by atoms with van der Waals surface area (Å²) in [5, 5.41) is 0. The van der Waals surface area contributed by atoms with Crippen molar-refractivity contribution in [3.8, 4) is 0 Å². The maximum absolute atomic E-state index is 6.03. The summed E-state index contributed by atoms with van der Waals surface area (Å²) in [6, 6.07) is 10.5. The summed E-state index contributed by atoms with van der Waals surface area (Å²) >= 11 is 0. The monoisotopic (exact) mass is 216 g/mol. The van der Waals surface area contributed by atoms with Gasteiger partial charge in [-0.1, -0.05) is 56.0 Å². The van der Waals surface area contributed by atoms with E-state index in [1.165, 1.54) is 38.5 Å². The summed E-state index contributed by atoms with van der Waals surface area (Å²) in [6.45, 7) is 0. The molecule has 0 aliphatic heterocycles. The topological polar surface area (TPSA) is 38.4 Å². The lowest BCUT2D eigenvalue weighted by Crippen LogP contribution is -2.17. The first-order valence-electron chi connectivity index (χ1n) is 6.25. The minimum Gasteiger partial charge on any atom is -0.383 e. The van der Waals surface area contributed by atoms with Gasteiger partial charge in [-0.3, -0.25) is 4.99 Å². The number of benzene rings is 1. The molecule has 2 N–H and O–H groups in total. The summed E-state index contributed by atoms with van der Waals surface area (Å²) in [5.74, 6) is 0.701. The second-order valence-corrected chi connectivity index (χ2v) is 4.53. The molecule has 16 heavy (non-hydrogen) atoms. The zero-order valence-electron chi connectivity index (χ0n) is 9.73. The van der Waals surface area contributed by atoms with E-state index < -0.39 is 0 Å². The van der Waals surface area contributed by atoms with Gasteiger partial charge in [-0.05, 0) is 12.8 Å². The van der Waals surface area contributed by atoms with Crippen LogP contribution in [0.3, 0.4) is 0 Å². The summed E-state index contributed by atoms with van der Waals surface area (Å²) in [6.07, 6.45) is 7.72. The zero-order valence-corrected chi connectivity index (χ0v) is 9.73. The van der Waals surface area contributed by atoms with Gasteiger partial charge in [-0.25, -0.2) is 0 Å². The van der Waals surface area contributed by atoms with Crippen LogP contribution in [0.15, 0.2) is 35.3 Å². The number of hydrogen-bond donors (Lipinski definition) is 1. The molecule has 0 spiro atoms. The Kier molecular flexibility index (Phi) is 3.97. The van der Waals surface area contributed by atoms with Crippen molar-refractivity contribution in [2.45, 2.75) is 44.6 Å². The molecule has 86 valence electrons. The van der Waals surface area contributed by atoms with E-state index in [9.17, 15) is 0 Å². The van der Waals surface area contributed by atoms with Crippen molar-refractivity contribution in [1.82, 2.24) is 0 Å². The van der Waals surface area contributed by atoms with Crippen molar-refractivity contribution in [3.05, 3.63) is 35.9 Å². The Bertz CT molecular complexity index is 335. The first kappa shape index (κ1) is 11.2. The summed E-state index contributed by atoms with van der Waals surface area (Å²) < 4.78 is 0. The van der Waals surface area contributed by atoms with E-state index in [4.69, 9.17) is 5.73 Å². The van der Waals surface area contributed by atoms with Crippen molar-refractivity contribution in [2.24, 2.45) is 10.7 Å². The van der Waals surface area contributed by atoms with E-state index in [0.29, 0.717) is 11.9 Å². The van der Waals surface area contributed by atoms with Crippen molar-refractivity contribution >= 4 is 5.84 Å². The summed E-state index contributed by atoms with van der Waals surface area (Å²) in [5.41, 5.74) is 7.07. The molecular weight excluding hydrogens is 196 g/mol. The highest BCUT2D eigenvalue weighted by Crippen LogP contribution is 2.20. The van der Waals surface area contributed by atoms with Gasteiger partial charge in [0.1, 0.15) is 5.84 Å². The first-order valence-corrected chi connectivity index (χ1v) is 6.25. The number of aliphatic imine (C=N–C) groups is 1. The van der Waals surface area contributed by atoms with Gasteiger partial charge in [0, 0.05) is 5.56 Å². The number of hydrogen-bond acceptors (Lipinski definition) is 1. The molecule has 1 aliphatic carbocycles. The molecule has 2 heteroatoms. The highest BCUT2D eigenvalue weighted by Gasteiger charge is 2.11. The average molecular weight is 216 g/mol. The van der Waals surface area contributed by atoms with Crippen LogP contribution >= 0.6 is 0 Å². The standard InChI is InChI=1S/C14H20N2/c15-14(12-8-4-3-5-9-12)16-13-10-6-1-2-7-11-13/h3-5,8-9,13H,1-2,6-7,10-11H2,(H2,15,16). The van der Waals surface area contributed by atoms with Crippen LogP contribution < -0.4 is 5.73 Å². The fourth-order valence-corrected chi connectivity index (χ4v) is 2.27. The van der Waals surface area contributed by atoms with Crippen LogP contribution in [0.4, 0.5) is 0 Å². The van der Waals surface area contributed by atoms with E-state index in [2.05, 4.69) is 4.99 Å². The highest BCUT2D eigenvalue weighted by atomic mass is 14.9. The third-order valence-corrected chi connectivity index (χ3v) is 3.22. The molecule has 0 amide bonds. The van der Waals surface area contributed by atoms with Gasteiger partial charge in [0.05, 0.1) is 6.04 Å². The average Bonchev–Trinajstić information content (AvgIpc) is 2.59. The SMILES string of the molecule is NC(=NC1CCCCCC1)c1ccccc1. The fraction of sp³-hybridized carbons (Fsp3) is 0.500.